The van der Waals surface area contributed by atoms with Crippen molar-refractivity contribution in [1.82, 2.24) is 4.57 Å². The number of carbonyl (C=O) groups is 2. The van der Waals surface area contributed by atoms with Crippen LogP contribution in [0.5, 0.6) is 5.75 Å². The van der Waals surface area contributed by atoms with E-state index in [0.29, 0.717) is 54.6 Å². The largest absolute Gasteiger partial charge is 0.497 e. The summed E-state index contributed by atoms with van der Waals surface area (Å²) >= 11 is 1.18. The van der Waals surface area contributed by atoms with Crippen LogP contribution < -0.4 is 19.6 Å². The Kier molecular flexibility index (Phi) is 8.06. The number of rotatable bonds is 8. The number of carboxylic acid groups (broad SMARTS) is 1. The minimum absolute atomic E-state index is 0.153. The van der Waals surface area contributed by atoms with E-state index in [4.69, 9.17) is 18.9 Å². The summed E-state index contributed by atoms with van der Waals surface area (Å²) in [6, 6.07) is 24.2. The highest BCUT2D eigenvalue weighted by molar-refractivity contribution is 7.07. The minimum Gasteiger partial charge on any atom is -0.497 e. The second-order valence-corrected chi connectivity index (χ2v) is 11.2. The van der Waals surface area contributed by atoms with Gasteiger partial charge < -0.3 is 19.0 Å². The molecular weight excluding hydrogens is 592 g/mol. The first-order valence-electron chi connectivity index (χ1n) is 14.2. The summed E-state index contributed by atoms with van der Waals surface area (Å²) in [5, 5.41) is 9.53. The molecule has 0 unspecified atom stereocenters. The maximum absolute atomic E-state index is 14.1. The first-order chi connectivity index (χ1) is 21.8. The number of hydrogen-bond acceptors (Lipinski definition) is 8. The van der Waals surface area contributed by atoms with Gasteiger partial charge in [0.05, 0.1) is 41.1 Å². The average Bonchev–Trinajstić information content (AvgIpc) is 3.64. The Bertz CT molecular complexity index is 2140. The summed E-state index contributed by atoms with van der Waals surface area (Å²) in [5.41, 5.74) is 3.12. The highest BCUT2D eigenvalue weighted by atomic mass is 32.1. The molecule has 0 aliphatic carbocycles. The number of methoxy groups -OCH3 is 1. The van der Waals surface area contributed by atoms with Gasteiger partial charge >= 0.3 is 11.9 Å². The lowest BCUT2D eigenvalue weighted by molar-refractivity contribution is -0.138. The highest BCUT2D eigenvalue weighted by Gasteiger charge is 2.35. The number of furan rings is 1. The number of hydrogen-bond donors (Lipinski definition) is 1. The number of esters is 1. The zero-order chi connectivity index (χ0) is 31.7. The number of nitrogens with zero attached hydrogens (tertiary/aromatic N) is 2. The monoisotopic (exact) mass is 620 g/mol. The smallest absolute Gasteiger partial charge is 0.338 e. The molecule has 1 aliphatic heterocycles. The number of carboxylic acids is 1. The van der Waals surface area contributed by atoms with Crippen LogP contribution in [0, 0.1) is 6.92 Å². The van der Waals surface area contributed by atoms with Gasteiger partial charge in [-0.3, -0.25) is 9.36 Å². The van der Waals surface area contributed by atoms with Crippen LogP contribution in [-0.2, 0) is 9.53 Å². The summed E-state index contributed by atoms with van der Waals surface area (Å²) in [4.78, 5) is 44.6. The topological polar surface area (TPSA) is 120 Å². The molecule has 2 aromatic heterocycles. The molecule has 0 saturated heterocycles. The van der Waals surface area contributed by atoms with Crippen LogP contribution in [0.25, 0.3) is 23.1 Å². The summed E-state index contributed by atoms with van der Waals surface area (Å²) in [6.45, 7) is 3.61. The van der Waals surface area contributed by atoms with Crippen LogP contribution in [0.4, 0.5) is 0 Å². The first kappa shape index (κ1) is 29.6. The third kappa shape index (κ3) is 5.51. The van der Waals surface area contributed by atoms with Crippen molar-refractivity contribution in [3.8, 4) is 17.1 Å². The van der Waals surface area contributed by atoms with Gasteiger partial charge in [-0.25, -0.2) is 14.6 Å². The van der Waals surface area contributed by atoms with Crippen molar-refractivity contribution >= 4 is 35.0 Å². The minimum atomic E-state index is -1.02. The quantitative estimate of drug-likeness (QED) is 0.237. The van der Waals surface area contributed by atoms with Gasteiger partial charge in [0.25, 0.3) is 5.56 Å². The lowest BCUT2D eigenvalue weighted by Gasteiger charge is -2.26. The van der Waals surface area contributed by atoms with Crippen molar-refractivity contribution in [1.29, 1.82) is 0 Å². The number of benzene rings is 3. The normalized spacial score (nSPS) is 14.6. The zero-order valence-corrected chi connectivity index (χ0v) is 25.5. The van der Waals surface area contributed by atoms with Crippen molar-refractivity contribution in [2.24, 2.45) is 4.99 Å². The lowest BCUT2D eigenvalue weighted by Crippen LogP contribution is -2.40. The molecule has 10 heteroatoms. The maximum Gasteiger partial charge on any atom is 0.338 e. The van der Waals surface area contributed by atoms with E-state index in [0.717, 1.165) is 0 Å². The molecule has 6 rings (SSSR count). The van der Waals surface area contributed by atoms with Gasteiger partial charge in [-0.2, -0.15) is 0 Å². The number of fused-ring (bicyclic) bond motifs is 1. The molecule has 0 bridgehead atoms. The molecule has 0 fully saturated rings. The number of thiazole rings is 1. The van der Waals surface area contributed by atoms with Gasteiger partial charge in [-0.05, 0) is 55.3 Å². The molecule has 1 N–H and O–H groups in total. The number of carbonyl (C=O) groups excluding carboxylic acids is 1. The Balaban J connectivity index is 1.54. The number of ether oxygens (including phenoxy) is 2. The molecule has 0 amide bonds. The summed E-state index contributed by atoms with van der Waals surface area (Å²) in [6.07, 6.45) is 1.63. The van der Waals surface area contributed by atoms with E-state index in [1.54, 1.807) is 69.5 Å². The summed E-state index contributed by atoms with van der Waals surface area (Å²) in [7, 11) is 1.57. The van der Waals surface area contributed by atoms with E-state index in [-0.39, 0.29) is 23.3 Å². The van der Waals surface area contributed by atoms with E-state index < -0.39 is 18.0 Å². The molecular formula is C35H28N2O7S. The Morgan fingerprint density at radius 1 is 1.02 bits per heavy atom. The van der Waals surface area contributed by atoms with Crippen LogP contribution in [0.2, 0.25) is 0 Å². The van der Waals surface area contributed by atoms with Gasteiger partial charge in [-0.15, -0.1) is 0 Å². The van der Waals surface area contributed by atoms with Crippen molar-refractivity contribution in [2.75, 3.05) is 13.7 Å². The molecule has 0 radical (unpaired) electrons. The molecule has 1 aliphatic rings. The number of aromatic carboxylic acids is 1. The maximum atomic E-state index is 14.1. The lowest BCUT2D eigenvalue weighted by atomic mass is 9.93. The Labute approximate surface area is 261 Å². The standard InChI is InChI=1S/C35H28N2O7S/c1-4-43-34(41)29-30(21-9-6-5-7-10-21)36-35-37(31(29)22-13-15-23(42-3)16-14-22)32(38)28(45-35)19-24-17-18-27(44-24)25-11-8-12-26(20(25)2)33(39)40/h5-19,31H,4H2,1-3H3,(H,39,40)/b28-19-/t31-/m0/s1. The second-order valence-electron chi connectivity index (χ2n) is 10.2. The van der Waals surface area contributed by atoms with E-state index in [2.05, 4.69) is 0 Å². The van der Waals surface area contributed by atoms with Crippen LogP contribution in [-0.4, -0.2) is 35.3 Å². The molecule has 5 aromatic rings. The SMILES string of the molecule is CCOC(=O)C1=C(c2ccccc2)N=c2s/c(=C\c3ccc(-c4cccc(C(=O)O)c4C)o3)c(=O)n2[C@H]1c1ccc(OC)cc1. The second kappa shape index (κ2) is 12.3. The Hall–Kier alpha value is -5.48. The van der Waals surface area contributed by atoms with Gasteiger partial charge in [0.2, 0.25) is 0 Å². The van der Waals surface area contributed by atoms with Crippen molar-refractivity contribution in [3.05, 3.63) is 138 Å². The third-order valence-corrected chi connectivity index (χ3v) is 8.52. The van der Waals surface area contributed by atoms with Gasteiger partial charge in [0, 0.05) is 17.2 Å². The van der Waals surface area contributed by atoms with Crippen molar-refractivity contribution in [2.45, 2.75) is 19.9 Å². The Morgan fingerprint density at radius 3 is 2.47 bits per heavy atom. The van der Waals surface area contributed by atoms with Gasteiger partial charge in [0.15, 0.2) is 4.80 Å². The fourth-order valence-electron chi connectivity index (χ4n) is 5.38. The molecule has 9 nitrogen and oxygen atoms in total. The van der Waals surface area contributed by atoms with E-state index in [1.807, 2.05) is 42.5 Å². The fraction of sp³-hybridized carbons (Fsp3) is 0.143. The van der Waals surface area contributed by atoms with E-state index in [1.165, 1.54) is 15.9 Å². The number of aromatic nitrogens is 1. The zero-order valence-electron chi connectivity index (χ0n) is 24.6. The molecule has 45 heavy (non-hydrogen) atoms. The average molecular weight is 621 g/mol. The van der Waals surface area contributed by atoms with Gasteiger partial charge in [0.1, 0.15) is 17.3 Å². The highest BCUT2D eigenvalue weighted by Crippen LogP contribution is 2.36. The Morgan fingerprint density at radius 2 is 1.78 bits per heavy atom. The van der Waals surface area contributed by atoms with E-state index in [9.17, 15) is 19.5 Å². The van der Waals surface area contributed by atoms with Crippen molar-refractivity contribution in [3.63, 3.8) is 0 Å². The summed E-state index contributed by atoms with van der Waals surface area (Å²) < 4.78 is 18.8. The third-order valence-electron chi connectivity index (χ3n) is 7.54. The van der Waals surface area contributed by atoms with Crippen molar-refractivity contribution < 1.29 is 28.6 Å². The molecule has 1 atom stereocenters. The molecule has 3 heterocycles. The van der Waals surface area contributed by atoms with Gasteiger partial charge in [-0.1, -0.05) is 65.9 Å². The predicted molar refractivity (Wildman–Crippen MR) is 170 cm³/mol. The predicted octanol–water partition coefficient (Wildman–Crippen LogP) is 5.21. The van der Waals surface area contributed by atoms with Crippen LogP contribution in [0.1, 0.15) is 45.8 Å². The van der Waals surface area contributed by atoms with Crippen LogP contribution in [0.3, 0.4) is 0 Å². The van der Waals surface area contributed by atoms with Crippen LogP contribution in [0.15, 0.2) is 105 Å². The molecule has 226 valence electrons. The molecule has 3 aromatic carbocycles. The fourth-order valence-corrected chi connectivity index (χ4v) is 6.36. The molecule has 0 saturated carbocycles. The first-order valence-corrected chi connectivity index (χ1v) is 15.0. The van der Waals surface area contributed by atoms with E-state index >= 15 is 0 Å². The van der Waals surface area contributed by atoms with Crippen LogP contribution >= 0.6 is 11.3 Å². The molecule has 0 spiro atoms. The summed E-state index contributed by atoms with van der Waals surface area (Å²) in [5.74, 6) is -0.0737.